The Bertz CT molecular complexity index is 693. The van der Waals surface area contributed by atoms with Gasteiger partial charge in [-0.05, 0) is 32.0 Å². The third kappa shape index (κ3) is 3.63. The molecular formula is C14H14FN3O2S. The number of anilines is 2. The summed E-state index contributed by atoms with van der Waals surface area (Å²) in [5.74, 6) is -1.41. The lowest BCUT2D eigenvalue weighted by Gasteiger charge is -2.09. The first-order valence-corrected chi connectivity index (χ1v) is 7.01. The molecule has 0 radical (unpaired) electrons. The zero-order chi connectivity index (χ0) is 15.6. The lowest BCUT2D eigenvalue weighted by molar-refractivity contribution is -0.114. The van der Waals surface area contributed by atoms with Gasteiger partial charge in [-0.15, -0.1) is 11.3 Å². The van der Waals surface area contributed by atoms with Crippen molar-refractivity contribution < 1.29 is 14.0 Å². The number of aromatic nitrogens is 1. The van der Waals surface area contributed by atoms with Gasteiger partial charge in [-0.3, -0.25) is 14.9 Å². The molecule has 2 aromatic rings. The van der Waals surface area contributed by atoms with Gasteiger partial charge in [0, 0.05) is 11.8 Å². The molecule has 21 heavy (non-hydrogen) atoms. The van der Waals surface area contributed by atoms with E-state index >= 15 is 0 Å². The molecule has 0 unspecified atom stereocenters. The number of aryl methyl sites for hydroxylation is 2. The van der Waals surface area contributed by atoms with E-state index in [0.29, 0.717) is 5.13 Å². The molecule has 0 atom stereocenters. The molecule has 0 fully saturated rings. The lowest BCUT2D eigenvalue weighted by Crippen LogP contribution is -2.16. The quantitative estimate of drug-likeness (QED) is 0.915. The number of carbonyl (C=O) groups excluding carboxylic acids is 2. The van der Waals surface area contributed by atoms with Gasteiger partial charge in [0.1, 0.15) is 5.82 Å². The maximum Gasteiger partial charge on any atom is 0.259 e. The minimum Gasteiger partial charge on any atom is -0.326 e. The smallest absolute Gasteiger partial charge is 0.259 e. The van der Waals surface area contributed by atoms with Gasteiger partial charge in [-0.1, -0.05) is 0 Å². The fourth-order valence-electron chi connectivity index (χ4n) is 1.69. The molecule has 2 N–H and O–H groups in total. The number of thiazole rings is 1. The molecule has 0 saturated carbocycles. The van der Waals surface area contributed by atoms with E-state index in [9.17, 15) is 14.0 Å². The lowest BCUT2D eigenvalue weighted by atomic mass is 10.1. The summed E-state index contributed by atoms with van der Waals surface area (Å²) >= 11 is 1.34. The van der Waals surface area contributed by atoms with Gasteiger partial charge in [-0.2, -0.15) is 0 Å². The van der Waals surface area contributed by atoms with Gasteiger partial charge in [0.2, 0.25) is 5.91 Å². The van der Waals surface area contributed by atoms with Crippen LogP contribution >= 0.6 is 11.3 Å². The Morgan fingerprint density at radius 3 is 2.52 bits per heavy atom. The van der Waals surface area contributed by atoms with Crippen LogP contribution in [0.3, 0.4) is 0 Å². The van der Waals surface area contributed by atoms with Crippen molar-refractivity contribution in [2.75, 3.05) is 10.6 Å². The predicted octanol–water partition coefficient (Wildman–Crippen LogP) is 3.11. The number of rotatable bonds is 3. The first-order valence-electron chi connectivity index (χ1n) is 6.19. The van der Waals surface area contributed by atoms with Crippen LogP contribution in [0.5, 0.6) is 0 Å². The summed E-state index contributed by atoms with van der Waals surface area (Å²) in [4.78, 5) is 28.5. The topological polar surface area (TPSA) is 71.1 Å². The van der Waals surface area contributed by atoms with Gasteiger partial charge >= 0.3 is 0 Å². The van der Waals surface area contributed by atoms with Crippen molar-refractivity contribution in [1.29, 1.82) is 0 Å². The average Bonchev–Trinajstić information content (AvgIpc) is 2.69. The second-order valence-electron chi connectivity index (χ2n) is 4.49. The SMILES string of the molecule is CC(=O)Nc1ccc(F)cc1C(=O)Nc1nc(C)c(C)s1. The van der Waals surface area contributed by atoms with Crippen LogP contribution in [-0.4, -0.2) is 16.8 Å². The zero-order valence-electron chi connectivity index (χ0n) is 11.8. The van der Waals surface area contributed by atoms with Crippen LogP contribution in [0.25, 0.3) is 0 Å². The van der Waals surface area contributed by atoms with Gasteiger partial charge in [0.05, 0.1) is 16.9 Å². The Balaban J connectivity index is 2.29. The first kappa shape index (κ1) is 15.1. The third-order valence-electron chi connectivity index (χ3n) is 2.79. The molecule has 2 amide bonds. The Labute approximate surface area is 125 Å². The normalized spacial score (nSPS) is 10.3. The van der Waals surface area contributed by atoms with Crippen LogP contribution < -0.4 is 10.6 Å². The van der Waals surface area contributed by atoms with E-state index in [0.717, 1.165) is 16.6 Å². The summed E-state index contributed by atoms with van der Waals surface area (Å²) < 4.78 is 13.3. The number of hydrogen-bond donors (Lipinski definition) is 2. The molecule has 7 heteroatoms. The molecule has 0 aliphatic rings. The van der Waals surface area contributed by atoms with Crippen molar-refractivity contribution in [3.05, 3.63) is 40.2 Å². The van der Waals surface area contributed by atoms with Crippen molar-refractivity contribution in [3.63, 3.8) is 0 Å². The number of halogens is 1. The van der Waals surface area contributed by atoms with Crippen LogP contribution in [0.1, 0.15) is 27.9 Å². The minimum absolute atomic E-state index is 0.0516. The predicted molar refractivity (Wildman–Crippen MR) is 80.2 cm³/mol. The molecule has 0 saturated heterocycles. The molecule has 0 bridgehead atoms. The van der Waals surface area contributed by atoms with E-state index < -0.39 is 11.7 Å². The van der Waals surface area contributed by atoms with E-state index in [-0.39, 0.29) is 17.2 Å². The summed E-state index contributed by atoms with van der Waals surface area (Å²) in [6, 6.07) is 3.61. The van der Waals surface area contributed by atoms with Crippen LogP contribution in [0, 0.1) is 19.7 Å². The van der Waals surface area contributed by atoms with E-state index in [4.69, 9.17) is 0 Å². The number of nitrogens with zero attached hydrogens (tertiary/aromatic N) is 1. The zero-order valence-corrected chi connectivity index (χ0v) is 12.6. The maximum atomic E-state index is 13.3. The van der Waals surface area contributed by atoms with E-state index in [1.54, 1.807) is 0 Å². The van der Waals surface area contributed by atoms with Crippen LogP contribution in [0.4, 0.5) is 15.2 Å². The van der Waals surface area contributed by atoms with E-state index in [1.165, 1.54) is 30.4 Å². The van der Waals surface area contributed by atoms with Gasteiger partial charge in [0.15, 0.2) is 5.13 Å². The second kappa shape index (κ2) is 6.01. The Kier molecular flexibility index (Phi) is 4.32. The van der Waals surface area contributed by atoms with Crippen LogP contribution in [-0.2, 0) is 4.79 Å². The summed E-state index contributed by atoms with van der Waals surface area (Å²) in [5.41, 5.74) is 1.14. The summed E-state index contributed by atoms with van der Waals surface area (Å²) in [7, 11) is 0. The molecule has 1 heterocycles. The largest absolute Gasteiger partial charge is 0.326 e. The highest BCUT2D eigenvalue weighted by Crippen LogP contribution is 2.23. The molecule has 0 spiro atoms. The molecule has 2 rings (SSSR count). The van der Waals surface area contributed by atoms with Crippen LogP contribution in [0.2, 0.25) is 0 Å². The molecule has 0 aliphatic heterocycles. The highest BCUT2D eigenvalue weighted by atomic mass is 32.1. The third-order valence-corrected chi connectivity index (χ3v) is 3.77. The summed E-state index contributed by atoms with van der Waals surface area (Å²) in [6.07, 6.45) is 0. The Morgan fingerprint density at radius 2 is 1.95 bits per heavy atom. The summed E-state index contributed by atoms with van der Waals surface area (Å²) in [5, 5.41) is 5.55. The van der Waals surface area contributed by atoms with Gasteiger partial charge in [0.25, 0.3) is 5.91 Å². The monoisotopic (exact) mass is 307 g/mol. The first-order chi connectivity index (χ1) is 9.86. The van der Waals surface area contributed by atoms with Crippen molar-refractivity contribution >= 4 is 34.0 Å². The maximum absolute atomic E-state index is 13.3. The van der Waals surface area contributed by atoms with Crippen molar-refractivity contribution in [3.8, 4) is 0 Å². The number of benzene rings is 1. The minimum atomic E-state index is -0.555. The van der Waals surface area contributed by atoms with Crippen molar-refractivity contribution in [2.45, 2.75) is 20.8 Å². The highest BCUT2D eigenvalue weighted by Gasteiger charge is 2.15. The fourth-order valence-corrected chi connectivity index (χ4v) is 2.50. The average molecular weight is 307 g/mol. The van der Waals surface area contributed by atoms with Gasteiger partial charge < -0.3 is 5.32 Å². The Morgan fingerprint density at radius 1 is 1.24 bits per heavy atom. The van der Waals surface area contributed by atoms with Gasteiger partial charge in [-0.25, -0.2) is 9.37 Å². The molecule has 5 nitrogen and oxygen atoms in total. The number of nitrogens with one attached hydrogen (secondary N) is 2. The van der Waals surface area contributed by atoms with E-state index in [1.807, 2.05) is 13.8 Å². The molecule has 1 aromatic heterocycles. The van der Waals surface area contributed by atoms with Crippen LogP contribution in [0.15, 0.2) is 18.2 Å². The number of hydrogen-bond acceptors (Lipinski definition) is 4. The number of carbonyl (C=O) groups is 2. The molecular weight excluding hydrogens is 293 g/mol. The number of amides is 2. The summed E-state index contributed by atoms with van der Waals surface area (Å²) in [6.45, 7) is 5.05. The standard InChI is InChI=1S/C14H14FN3O2S/c1-7-8(2)21-14(16-7)18-13(20)11-6-10(15)4-5-12(11)17-9(3)19/h4-6H,1-3H3,(H,17,19)(H,16,18,20). The molecule has 0 aliphatic carbocycles. The van der Waals surface area contributed by atoms with Crippen molar-refractivity contribution in [2.24, 2.45) is 0 Å². The fraction of sp³-hybridized carbons (Fsp3) is 0.214. The van der Waals surface area contributed by atoms with E-state index in [2.05, 4.69) is 15.6 Å². The Hall–Kier alpha value is -2.28. The molecule has 1 aromatic carbocycles. The highest BCUT2D eigenvalue weighted by molar-refractivity contribution is 7.15. The second-order valence-corrected chi connectivity index (χ2v) is 5.69. The molecule has 110 valence electrons. The van der Waals surface area contributed by atoms with Crippen molar-refractivity contribution in [1.82, 2.24) is 4.98 Å².